The van der Waals surface area contributed by atoms with Gasteiger partial charge in [-0.15, -0.1) is 11.8 Å². The standard InChI is InChI=1S/C22H28N2OS/c25-22(18-26-17-19-8-3-1-4-9-19)23-15-20-10-7-11-21(14-20)16-24-12-5-2-6-13-24/h1,3-4,7-11,14H,2,5-6,12-13,15-18H2,(H,23,25). The summed E-state index contributed by atoms with van der Waals surface area (Å²) in [6.07, 6.45) is 4.00. The molecule has 1 heterocycles. The van der Waals surface area contributed by atoms with Crippen molar-refractivity contribution in [3.8, 4) is 0 Å². The highest BCUT2D eigenvalue weighted by Crippen LogP contribution is 2.14. The number of nitrogens with one attached hydrogen (secondary N) is 1. The van der Waals surface area contributed by atoms with E-state index in [1.165, 1.54) is 49.0 Å². The predicted octanol–water partition coefficient (Wildman–Crippen LogP) is 4.22. The topological polar surface area (TPSA) is 32.3 Å². The SMILES string of the molecule is O=C(CSCc1ccccc1)NCc1cccc(CN2CCCCC2)c1. The van der Waals surface area contributed by atoms with Crippen LogP contribution in [0.5, 0.6) is 0 Å². The Morgan fingerprint density at radius 1 is 0.923 bits per heavy atom. The Hall–Kier alpha value is -1.78. The highest BCUT2D eigenvalue weighted by atomic mass is 32.2. The molecule has 0 radical (unpaired) electrons. The lowest BCUT2D eigenvalue weighted by Crippen LogP contribution is -2.29. The molecule has 2 aromatic carbocycles. The summed E-state index contributed by atoms with van der Waals surface area (Å²) < 4.78 is 0. The summed E-state index contributed by atoms with van der Waals surface area (Å²) in [5.74, 6) is 1.48. The minimum Gasteiger partial charge on any atom is -0.351 e. The molecule has 1 amide bonds. The van der Waals surface area contributed by atoms with Crippen molar-refractivity contribution in [1.82, 2.24) is 10.2 Å². The molecule has 0 aromatic heterocycles. The molecule has 0 saturated carbocycles. The summed E-state index contributed by atoms with van der Waals surface area (Å²) in [6.45, 7) is 4.05. The van der Waals surface area contributed by atoms with Gasteiger partial charge in [0.05, 0.1) is 5.75 Å². The van der Waals surface area contributed by atoms with Gasteiger partial charge in [-0.1, -0.05) is 61.0 Å². The van der Waals surface area contributed by atoms with Crippen LogP contribution in [0.15, 0.2) is 54.6 Å². The van der Waals surface area contributed by atoms with E-state index in [0.717, 1.165) is 12.3 Å². The van der Waals surface area contributed by atoms with Crippen molar-refractivity contribution in [3.63, 3.8) is 0 Å². The van der Waals surface area contributed by atoms with Gasteiger partial charge in [0.2, 0.25) is 5.91 Å². The molecule has 4 heteroatoms. The summed E-state index contributed by atoms with van der Waals surface area (Å²) in [5, 5.41) is 3.04. The summed E-state index contributed by atoms with van der Waals surface area (Å²) in [5.41, 5.74) is 3.79. The first-order valence-corrected chi connectivity index (χ1v) is 10.6. The fraction of sp³-hybridized carbons (Fsp3) is 0.409. The zero-order valence-electron chi connectivity index (χ0n) is 15.3. The molecule has 26 heavy (non-hydrogen) atoms. The number of rotatable bonds is 8. The molecular weight excluding hydrogens is 340 g/mol. The van der Waals surface area contributed by atoms with Crippen LogP contribution in [-0.4, -0.2) is 29.6 Å². The first-order valence-electron chi connectivity index (χ1n) is 9.48. The molecule has 3 nitrogen and oxygen atoms in total. The predicted molar refractivity (Wildman–Crippen MR) is 110 cm³/mol. The van der Waals surface area contributed by atoms with Crippen LogP contribution in [0.3, 0.4) is 0 Å². The van der Waals surface area contributed by atoms with E-state index in [-0.39, 0.29) is 5.91 Å². The maximum Gasteiger partial charge on any atom is 0.230 e. The Kier molecular flexibility index (Phi) is 7.59. The van der Waals surface area contributed by atoms with Gasteiger partial charge in [-0.25, -0.2) is 0 Å². The fourth-order valence-electron chi connectivity index (χ4n) is 3.30. The van der Waals surface area contributed by atoms with Gasteiger partial charge in [0.15, 0.2) is 0 Å². The van der Waals surface area contributed by atoms with E-state index in [1.807, 2.05) is 18.2 Å². The maximum atomic E-state index is 12.1. The second-order valence-electron chi connectivity index (χ2n) is 6.91. The Morgan fingerprint density at radius 3 is 2.46 bits per heavy atom. The summed E-state index contributed by atoms with van der Waals surface area (Å²) >= 11 is 1.66. The highest BCUT2D eigenvalue weighted by molar-refractivity contribution is 7.99. The Labute approximate surface area is 161 Å². The van der Waals surface area contributed by atoms with Crippen molar-refractivity contribution in [1.29, 1.82) is 0 Å². The van der Waals surface area contributed by atoms with Gasteiger partial charge in [0.1, 0.15) is 0 Å². The van der Waals surface area contributed by atoms with Crippen LogP contribution < -0.4 is 5.32 Å². The Balaban J connectivity index is 1.39. The van der Waals surface area contributed by atoms with Crippen LogP contribution in [0.2, 0.25) is 0 Å². The van der Waals surface area contributed by atoms with Crippen molar-refractivity contribution in [2.24, 2.45) is 0 Å². The van der Waals surface area contributed by atoms with Crippen LogP contribution in [0.4, 0.5) is 0 Å². The van der Waals surface area contributed by atoms with E-state index in [2.05, 4.69) is 46.6 Å². The number of piperidine rings is 1. The first-order chi connectivity index (χ1) is 12.8. The molecule has 1 aliphatic rings. The van der Waals surface area contributed by atoms with Crippen LogP contribution >= 0.6 is 11.8 Å². The van der Waals surface area contributed by atoms with Crippen molar-refractivity contribution >= 4 is 17.7 Å². The second-order valence-corrected chi connectivity index (χ2v) is 7.90. The van der Waals surface area contributed by atoms with Gasteiger partial charge in [0.25, 0.3) is 0 Å². The van der Waals surface area contributed by atoms with Gasteiger partial charge < -0.3 is 5.32 Å². The first kappa shape index (κ1) is 19.0. The van der Waals surface area contributed by atoms with Crippen LogP contribution in [0.25, 0.3) is 0 Å². The second kappa shape index (κ2) is 10.4. The molecule has 0 atom stereocenters. The van der Waals surface area contributed by atoms with Gasteiger partial charge in [0, 0.05) is 18.8 Å². The number of amides is 1. The van der Waals surface area contributed by atoms with Crippen molar-refractivity contribution in [2.45, 2.75) is 38.1 Å². The third-order valence-electron chi connectivity index (χ3n) is 4.68. The smallest absolute Gasteiger partial charge is 0.230 e. The number of carbonyl (C=O) groups excluding carboxylic acids is 1. The maximum absolute atomic E-state index is 12.1. The van der Waals surface area contributed by atoms with Crippen LogP contribution in [-0.2, 0) is 23.6 Å². The summed E-state index contributed by atoms with van der Waals surface area (Å²) in [6, 6.07) is 18.9. The minimum atomic E-state index is 0.104. The van der Waals surface area contributed by atoms with Crippen molar-refractivity contribution in [3.05, 3.63) is 71.3 Å². The summed E-state index contributed by atoms with van der Waals surface area (Å²) in [7, 11) is 0. The molecular formula is C22H28N2OS. The number of nitrogens with zero attached hydrogens (tertiary/aromatic N) is 1. The number of hydrogen-bond donors (Lipinski definition) is 1. The molecule has 0 aliphatic carbocycles. The van der Waals surface area contributed by atoms with E-state index in [9.17, 15) is 4.79 Å². The average molecular weight is 369 g/mol. The molecule has 1 fully saturated rings. The van der Waals surface area contributed by atoms with Crippen molar-refractivity contribution in [2.75, 3.05) is 18.8 Å². The van der Waals surface area contributed by atoms with E-state index < -0.39 is 0 Å². The molecule has 0 bridgehead atoms. The molecule has 1 N–H and O–H groups in total. The van der Waals surface area contributed by atoms with Gasteiger partial charge >= 0.3 is 0 Å². The number of hydrogen-bond acceptors (Lipinski definition) is 3. The quantitative estimate of drug-likeness (QED) is 0.757. The Bertz CT molecular complexity index is 684. The van der Waals surface area contributed by atoms with Gasteiger partial charge in [-0.05, 0) is 42.6 Å². The largest absolute Gasteiger partial charge is 0.351 e. The van der Waals surface area contributed by atoms with Crippen LogP contribution in [0.1, 0.15) is 36.0 Å². The Morgan fingerprint density at radius 2 is 1.65 bits per heavy atom. The summed E-state index contributed by atoms with van der Waals surface area (Å²) in [4.78, 5) is 14.6. The van der Waals surface area contributed by atoms with E-state index >= 15 is 0 Å². The average Bonchev–Trinajstić information content (AvgIpc) is 2.68. The zero-order chi connectivity index (χ0) is 18.0. The highest BCUT2D eigenvalue weighted by Gasteiger charge is 2.10. The number of thioether (sulfide) groups is 1. The van der Waals surface area contributed by atoms with E-state index in [4.69, 9.17) is 0 Å². The normalized spacial score (nSPS) is 14.9. The molecule has 3 rings (SSSR count). The molecule has 138 valence electrons. The lowest BCUT2D eigenvalue weighted by Gasteiger charge is -2.26. The van der Waals surface area contributed by atoms with Gasteiger partial charge in [-0.2, -0.15) is 0 Å². The molecule has 1 aliphatic heterocycles. The third kappa shape index (κ3) is 6.50. The number of carbonyl (C=O) groups is 1. The molecule has 0 unspecified atom stereocenters. The fourth-order valence-corrected chi connectivity index (χ4v) is 4.12. The molecule has 1 saturated heterocycles. The third-order valence-corrected chi connectivity index (χ3v) is 5.68. The minimum absolute atomic E-state index is 0.104. The van der Waals surface area contributed by atoms with Gasteiger partial charge in [-0.3, -0.25) is 9.69 Å². The van der Waals surface area contributed by atoms with Crippen molar-refractivity contribution < 1.29 is 4.79 Å². The zero-order valence-corrected chi connectivity index (χ0v) is 16.1. The lowest BCUT2D eigenvalue weighted by atomic mass is 10.1. The molecule has 0 spiro atoms. The monoisotopic (exact) mass is 368 g/mol. The van der Waals surface area contributed by atoms with E-state index in [0.29, 0.717) is 12.3 Å². The van der Waals surface area contributed by atoms with Crippen LogP contribution in [0, 0.1) is 0 Å². The number of likely N-dealkylation sites (tertiary alicyclic amines) is 1. The number of benzene rings is 2. The molecule has 2 aromatic rings. The van der Waals surface area contributed by atoms with E-state index in [1.54, 1.807) is 11.8 Å². The lowest BCUT2D eigenvalue weighted by molar-refractivity contribution is -0.118.